The summed E-state index contributed by atoms with van der Waals surface area (Å²) in [4.78, 5) is 28.1. The predicted octanol–water partition coefficient (Wildman–Crippen LogP) is 2.99. The Morgan fingerprint density at radius 3 is 2.39 bits per heavy atom. The van der Waals surface area contributed by atoms with Gasteiger partial charge in [0.1, 0.15) is 12.0 Å². The number of amides is 2. The summed E-state index contributed by atoms with van der Waals surface area (Å²) in [5.74, 6) is -0.564. The van der Waals surface area contributed by atoms with E-state index in [-0.39, 0.29) is 18.1 Å². The molecule has 0 aromatic heterocycles. The molecule has 2 heterocycles. The maximum atomic E-state index is 13.3. The number of rotatable bonds is 3. The minimum Gasteiger partial charge on any atom is -0.442 e. The molecule has 3 aliphatic rings. The molecule has 2 atom stereocenters. The molecule has 1 N–H and O–H groups in total. The van der Waals surface area contributed by atoms with Gasteiger partial charge in [-0.15, -0.1) is 0 Å². The van der Waals surface area contributed by atoms with E-state index >= 15 is 0 Å². The molecule has 2 unspecified atom stereocenters. The number of carbonyl (C=O) groups excluding carboxylic acids is 2. The van der Waals surface area contributed by atoms with Crippen LogP contribution in [0.5, 0.6) is 0 Å². The Morgan fingerprint density at radius 2 is 1.74 bits per heavy atom. The number of carbonyl (C=O) groups is 2. The normalized spacial score (nSPS) is 31.0. The Kier molecular flexibility index (Phi) is 6.26. The molecule has 1 aromatic carbocycles. The van der Waals surface area contributed by atoms with E-state index in [2.05, 4.69) is 31.3 Å². The van der Waals surface area contributed by atoms with Crippen LogP contribution in [0.15, 0.2) is 12.1 Å². The molecule has 2 saturated heterocycles. The zero-order valence-corrected chi connectivity index (χ0v) is 19.0. The van der Waals surface area contributed by atoms with Crippen molar-refractivity contribution in [2.45, 2.75) is 70.1 Å². The maximum absolute atomic E-state index is 13.3. The van der Waals surface area contributed by atoms with Gasteiger partial charge in [0.15, 0.2) is 0 Å². The number of nitrogens with one attached hydrogen (secondary N) is 1. The lowest BCUT2D eigenvalue weighted by molar-refractivity contribution is -0.121. The van der Waals surface area contributed by atoms with E-state index in [4.69, 9.17) is 14.2 Å². The number of nitrogens with zero attached hydrogens (tertiary/aromatic N) is 1. The first-order chi connectivity index (χ1) is 14.8. The maximum Gasteiger partial charge on any atom is 0.410 e. The number of hydrogen-bond acceptors (Lipinski definition) is 5. The number of morpholine rings is 1. The van der Waals surface area contributed by atoms with Crippen molar-refractivity contribution in [3.05, 3.63) is 34.4 Å². The van der Waals surface area contributed by atoms with Crippen molar-refractivity contribution in [3.63, 3.8) is 0 Å². The lowest BCUT2D eigenvalue weighted by Crippen LogP contribution is -2.54. The third-order valence-electron chi connectivity index (χ3n) is 7.37. The summed E-state index contributed by atoms with van der Waals surface area (Å²) in [7, 11) is 1.73. The van der Waals surface area contributed by atoms with Gasteiger partial charge in [-0.2, -0.15) is 0 Å². The largest absolute Gasteiger partial charge is 0.442 e. The molecule has 170 valence electrons. The van der Waals surface area contributed by atoms with Crippen LogP contribution in [0.4, 0.5) is 4.79 Å². The van der Waals surface area contributed by atoms with Gasteiger partial charge in [0.05, 0.1) is 24.9 Å². The molecule has 4 rings (SSSR count). The van der Waals surface area contributed by atoms with Gasteiger partial charge in [-0.1, -0.05) is 12.1 Å². The van der Waals surface area contributed by atoms with Crippen molar-refractivity contribution < 1.29 is 23.8 Å². The number of methoxy groups -OCH3 is 1. The standard InChI is InChI=1S/C24H34N2O5/c1-15-13-17(3)19(14-16(15)2)20-21(31-23(28)26-9-11-30-12-10-26)24(25-22(20)27)7-5-18(29-4)6-8-24/h13-14,18,20-21H,5-12H2,1-4H3,(H,25,27). The van der Waals surface area contributed by atoms with E-state index in [0.29, 0.717) is 26.3 Å². The highest BCUT2D eigenvalue weighted by Crippen LogP contribution is 2.45. The Morgan fingerprint density at radius 1 is 1.10 bits per heavy atom. The first-order valence-corrected chi connectivity index (χ1v) is 11.3. The molecule has 0 radical (unpaired) electrons. The third kappa shape index (κ3) is 4.17. The van der Waals surface area contributed by atoms with Crippen molar-refractivity contribution in [1.29, 1.82) is 0 Å². The van der Waals surface area contributed by atoms with Crippen LogP contribution in [0.1, 0.15) is 53.9 Å². The molecule has 1 saturated carbocycles. The van der Waals surface area contributed by atoms with Gasteiger partial charge >= 0.3 is 6.09 Å². The Labute approximate surface area is 184 Å². The van der Waals surface area contributed by atoms with E-state index < -0.39 is 17.6 Å². The van der Waals surface area contributed by atoms with E-state index in [0.717, 1.165) is 42.4 Å². The number of hydrogen-bond donors (Lipinski definition) is 1. The van der Waals surface area contributed by atoms with Gasteiger partial charge < -0.3 is 24.4 Å². The van der Waals surface area contributed by atoms with E-state index in [1.807, 2.05) is 6.92 Å². The average Bonchev–Trinajstić information content (AvgIpc) is 3.02. The minimum absolute atomic E-state index is 0.0537. The van der Waals surface area contributed by atoms with Crippen molar-refractivity contribution in [2.24, 2.45) is 0 Å². The first-order valence-electron chi connectivity index (χ1n) is 11.3. The van der Waals surface area contributed by atoms with Crippen molar-refractivity contribution >= 4 is 12.0 Å². The number of ether oxygens (including phenoxy) is 3. The average molecular weight is 431 g/mol. The molecule has 1 aliphatic carbocycles. The lowest BCUT2D eigenvalue weighted by Gasteiger charge is -2.41. The molecule has 7 nitrogen and oxygen atoms in total. The smallest absolute Gasteiger partial charge is 0.410 e. The molecular weight excluding hydrogens is 396 g/mol. The Bertz CT molecular complexity index is 841. The van der Waals surface area contributed by atoms with Crippen LogP contribution in [-0.2, 0) is 19.0 Å². The van der Waals surface area contributed by atoms with Crippen molar-refractivity contribution in [2.75, 3.05) is 33.4 Å². The second-order valence-corrected chi connectivity index (χ2v) is 9.25. The summed E-state index contributed by atoms with van der Waals surface area (Å²) in [6.45, 7) is 8.21. The summed E-state index contributed by atoms with van der Waals surface area (Å²) in [6, 6.07) is 4.20. The van der Waals surface area contributed by atoms with Gasteiger partial charge in [-0.05, 0) is 68.7 Å². The minimum atomic E-state index is -0.552. The zero-order valence-electron chi connectivity index (χ0n) is 19.0. The van der Waals surface area contributed by atoms with Gasteiger partial charge in [-0.25, -0.2) is 4.79 Å². The SMILES string of the molecule is COC1CCC2(CC1)NC(=O)C(c1cc(C)c(C)cc1C)C2OC(=O)N1CCOCC1. The quantitative estimate of drug-likeness (QED) is 0.798. The second-order valence-electron chi connectivity index (χ2n) is 9.25. The van der Waals surface area contributed by atoms with Gasteiger partial charge in [-0.3, -0.25) is 4.79 Å². The summed E-state index contributed by atoms with van der Waals surface area (Å²) in [5, 5.41) is 3.27. The monoisotopic (exact) mass is 430 g/mol. The number of benzene rings is 1. The first kappa shape index (κ1) is 22.1. The summed E-state index contributed by atoms with van der Waals surface area (Å²) < 4.78 is 17.1. The topological polar surface area (TPSA) is 77.1 Å². The van der Waals surface area contributed by atoms with Gasteiger partial charge in [0.2, 0.25) is 5.91 Å². The van der Waals surface area contributed by atoms with E-state index in [1.165, 1.54) is 5.56 Å². The fourth-order valence-electron chi connectivity index (χ4n) is 5.33. The predicted molar refractivity (Wildman–Crippen MR) is 116 cm³/mol. The highest BCUT2D eigenvalue weighted by molar-refractivity contribution is 5.89. The highest BCUT2D eigenvalue weighted by Gasteiger charge is 2.57. The number of aryl methyl sites for hydroxylation is 3. The summed E-state index contributed by atoms with van der Waals surface area (Å²) >= 11 is 0. The van der Waals surface area contributed by atoms with E-state index in [1.54, 1.807) is 12.0 Å². The van der Waals surface area contributed by atoms with Crippen LogP contribution in [0.25, 0.3) is 0 Å². The molecule has 1 spiro atoms. The third-order valence-corrected chi connectivity index (χ3v) is 7.37. The van der Waals surface area contributed by atoms with E-state index in [9.17, 15) is 9.59 Å². The van der Waals surface area contributed by atoms with Crippen molar-refractivity contribution in [3.8, 4) is 0 Å². The highest BCUT2D eigenvalue weighted by atomic mass is 16.6. The molecule has 0 bridgehead atoms. The van der Waals surface area contributed by atoms with Gasteiger partial charge in [0, 0.05) is 20.2 Å². The Hall–Kier alpha value is -2.12. The second kappa shape index (κ2) is 8.79. The zero-order chi connectivity index (χ0) is 22.2. The van der Waals surface area contributed by atoms with Crippen LogP contribution in [0.2, 0.25) is 0 Å². The summed E-state index contributed by atoms with van der Waals surface area (Å²) in [5.41, 5.74) is 3.78. The van der Waals surface area contributed by atoms with Crippen LogP contribution < -0.4 is 5.32 Å². The van der Waals surface area contributed by atoms with Crippen LogP contribution in [0.3, 0.4) is 0 Å². The molecule has 2 aliphatic heterocycles. The van der Waals surface area contributed by atoms with Crippen molar-refractivity contribution in [1.82, 2.24) is 10.2 Å². The Balaban J connectivity index is 1.68. The molecule has 7 heteroatoms. The molecule has 3 fully saturated rings. The fraction of sp³-hybridized carbons (Fsp3) is 0.667. The fourth-order valence-corrected chi connectivity index (χ4v) is 5.33. The van der Waals surface area contributed by atoms with Crippen LogP contribution in [0, 0.1) is 20.8 Å². The molecule has 1 aromatic rings. The van der Waals surface area contributed by atoms with Crippen LogP contribution >= 0.6 is 0 Å². The van der Waals surface area contributed by atoms with Gasteiger partial charge in [0.25, 0.3) is 0 Å². The van der Waals surface area contributed by atoms with Crippen LogP contribution in [-0.4, -0.2) is 68.1 Å². The molecule has 2 amide bonds. The molecular formula is C24H34N2O5. The summed E-state index contributed by atoms with van der Waals surface area (Å²) in [6.07, 6.45) is 2.42. The lowest BCUT2D eigenvalue weighted by atomic mass is 9.74. The molecule has 31 heavy (non-hydrogen) atoms.